The minimum absolute atomic E-state index is 0.0529. The molecule has 2 amide bonds. The molecule has 0 bridgehead atoms. The molecule has 2 aromatic rings. The molecule has 26 heavy (non-hydrogen) atoms. The molecule has 0 unspecified atom stereocenters. The van der Waals surface area contributed by atoms with Crippen molar-refractivity contribution in [2.24, 2.45) is 0 Å². The number of halogens is 2. The summed E-state index contributed by atoms with van der Waals surface area (Å²) in [5, 5.41) is 2.28. The number of fused-ring (bicyclic) bond motifs is 1. The Morgan fingerprint density at radius 3 is 2.54 bits per heavy atom. The molecule has 136 valence electrons. The largest absolute Gasteiger partial charge is 0.324 e. The number of nitrogens with one attached hydrogen (secondary N) is 1. The fourth-order valence-electron chi connectivity index (χ4n) is 2.64. The number of sulfonamides is 1. The standard InChI is InChI=1S/C17H14F2N2O4S/c18-11-7-8-14(13(19)10-11)20-16(22)6-3-9-21-17(23)12-4-1-2-5-15(12)26(21,24)25/h1-2,4-5,7-8,10H,3,6,9H2,(H,20,22). The highest BCUT2D eigenvalue weighted by molar-refractivity contribution is 7.90. The first kappa shape index (κ1) is 18.0. The molecule has 1 heterocycles. The van der Waals surface area contributed by atoms with E-state index in [0.717, 1.165) is 16.4 Å². The fourth-order valence-corrected chi connectivity index (χ4v) is 4.25. The number of hydrogen-bond acceptors (Lipinski definition) is 4. The normalized spacial score (nSPS) is 15.0. The van der Waals surface area contributed by atoms with Crippen molar-refractivity contribution in [2.75, 3.05) is 11.9 Å². The maximum atomic E-state index is 13.5. The molecule has 0 atom stereocenters. The predicted octanol–water partition coefficient (Wildman–Crippen LogP) is 2.53. The van der Waals surface area contributed by atoms with Gasteiger partial charge in [-0.1, -0.05) is 12.1 Å². The molecule has 0 spiro atoms. The minimum Gasteiger partial charge on any atom is -0.324 e. The van der Waals surface area contributed by atoms with Gasteiger partial charge in [-0.25, -0.2) is 21.5 Å². The summed E-state index contributed by atoms with van der Waals surface area (Å²) in [6.45, 7) is -0.171. The highest BCUT2D eigenvalue weighted by Gasteiger charge is 2.40. The van der Waals surface area contributed by atoms with Gasteiger partial charge >= 0.3 is 0 Å². The molecular formula is C17H14F2N2O4S. The first-order valence-electron chi connectivity index (χ1n) is 7.72. The zero-order valence-corrected chi connectivity index (χ0v) is 14.2. The van der Waals surface area contributed by atoms with E-state index in [1.165, 1.54) is 18.2 Å². The van der Waals surface area contributed by atoms with Gasteiger partial charge in [0.05, 0.1) is 11.3 Å². The second-order valence-electron chi connectivity index (χ2n) is 5.65. The Morgan fingerprint density at radius 1 is 1.12 bits per heavy atom. The third-order valence-electron chi connectivity index (χ3n) is 3.88. The summed E-state index contributed by atoms with van der Waals surface area (Å²) in [7, 11) is -3.91. The number of benzene rings is 2. The lowest BCUT2D eigenvalue weighted by molar-refractivity contribution is -0.116. The van der Waals surface area contributed by atoms with Crippen LogP contribution in [0, 0.1) is 11.6 Å². The Labute approximate surface area is 148 Å². The van der Waals surface area contributed by atoms with E-state index in [-0.39, 0.29) is 35.5 Å². The zero-order valence-electron chi connectivity index (χ0n) is 13.4. The molecule has 2 aromatic carbocycles. The van der Waals surface area contributed by atoms with Crippen LogP contribution in [0.2, 0.25) is 0 Å². The highest BCUT2D eigenvalue weighted by atomic mass is 32.2. The number of carbonyl (C=O) groups is 2. The smallest absolute Gasteiger partial charge is 0.269 e. The average molecular weight is 380 g/mol. The van der Waals surface area contributed by atoms with E-state index in [4.69, 9.17) is 0 Å². The van der Waals surface area contributed by atoms with Crippen LogP contribution in [-0.2, 0) is 14.8 Å². The lowest BCUT2D eigenvalue weighted by Crippen LogP contribution is -2.31. The number of carbonyl (C=O) groups excluding carboxylic acids is 2. The van der Waals surface area contributed by atoms with Crippen molar-refractivity contribution in [3.8, 4) is 0 Å². The van der Waals surface area contributed by atoms with Crippen molar-refractivity contribution in [3.63, 3.8) is 0 Å². The van der Waals surface area contributed by atoms with Gasteiger partial charge in [0.2, 0.25) is 5.91 Å². The lowest BCUT2D eigenvalue weighted by atomic mass is 10.2. The summed E-state index contributed by atoms with van der Waals surface area (Å²) in [6.07, 6.45) is -0.0694. The van der Waals surface area contributed by atoms with Crippen LogP contribution in [0.15, 0.2) is 47.4 Å². The molecule has 6 nitrogen and oxygen atoms in total. The van der Waals surface area contributed by atoms with Gasteiger partial charge in [-0.15, -0.1) is 0 Å². The minimum atomic E-state index is -3.91. The van der Waals surface area contributed by atoms with Gasteiger partial charge in [-0.2, -0.15) is 0 Å². The molecule has 0 fully saturated rings. The summed E-state index contributed by atoms with van der Waals surface area (Å²) in [6, 6.07) is 8.62. The van der Waals surface area contributed by atoms with Crippen LogP contribution in [-0.4, -0.2) is 31.1 Å². The highest BCUT2D eigenvalue weighted by Crippen LogP contribution is 2.30. The second-order valence-corrected chi connectivity index (χ2v) is 7.49. The molecular weight excluding hydrogens is 366 g/mol. The summed E-state index contributed by atoms with van der Waals surface area (Å²) in [5.74, 6) is -2.88. The second kappa shape index (κ2) is 6.83. The zero-order chi connectivity index (χ0) is 18.9. The number of nitrogens with zero attached hydrogens (tertiary/aromatic N) is 1. The molecule has 0 aliphatic carbocycles. The Balaban J connectivity index is 1.60. The topological polar surface area (TPSA) is 83.6 Å². The molecule has 9 heteroatoms. The van der Waals surface area contributed by atoms with Crippen molar-refractivity contribution in [1.82, 2.24) is 4.31 Å². The van der Waals surface area contributed by atoms with Crippen molar-refractivity contribution in [2.45, 2.75) is 17.7 Å². The van der Waals surface area contributed by atoms with Crippen LogP contribution in [0.25, 0.3) is 0 Å². The third-order valence-corrected chi connectivity index (χ3v) is 5.72. The van der Waals surface area contributed by atoms with E-state index in [0.29, 0.717) is 6.07 Å². The Kier molecular flexibility index (Phi) is 4.73. The van der Waals surface area contributed by atoms with Crippen molar-refractivity contribution in [3.05, 3.63) is 59.7 Å². The number of hydrogen-bond donors (Lipinski definition) is 1. The van der Waals surface area contributed by atoms with Gasteiger partial charge < -0.3 is 5.32 Å². The SMILES string of the molecule is O=C(CCCN1C(=O)c2ccccc2S1(=O)=O)Nc1ccc(F)cc1F. The summed E-state index contributed by atoms with van der Waals surface area (Å²) >= 11 is 0. The van der Waals surface area contributed by atoms with Gasteiger partial charge in [0, 0.05) is 19.0 Å². The summed E-state index contributed by atoms with van der Waals surface area (Å²) in [4.78, 5) is 24.0. The maximum Gasteiger partial charge on any atom is 0.269 e. The van der Waals surface area contributed by atoms with Gasteiger partial charge in [0.15, 0.2) is 0 Å². The van der Waals surface area contributed by atoms with Crippen molar-refractivity contribution >= 4 is 27.5 Å². The molecule has 1 aliphatic heterocycles. The predicted molar refractivity (Wildman–Crippen MR) is 88.9 cm³/mol. The van der Waals surface area contributed by atoms with E-state index >= 15 is 0 Å². The molecule has 1 N–H and O–H groups in total. The summed E-state index contributed by atoms with van der Waals surface area (Å²) in [5.41, 5.74) is -0.0704. The third kappa shape index (κ3) is 3.30. The van der Waals surface area contributed by atoms with Crippen molar-refractivity contribution < 1.29 is 26.8 Å². The molecule has 0 saturated carbocycles. The molecule has 0 saturated heterocycles. The van der Waals surface area contributed by atoms with Gasteiger partial charge in [-0.05, 0) is 30.7 Å². The summed E-state index contributed by atoms with van der Waals surface area (Å²) < 4.78 is 51.8. The number of amides is 2. The Hall–Kier alpha value is -2.81. The monoisotopic (exact) mass is 380 g/mol. The van der Waals surface area contributed by atoms with E-state index < -0.39 is 33.5 Å². The van der Waals surface area contributed by atoms with Gasteiger partial charge in [-0.3, -0.25) is 9.59 Å². The number of rotatable bonds is 5. The van der Waals surface area contributed by atoms with E-state index in [2.05, 4.69) is 5.32 Å². The number of anilines is 1. The molecule has 0 radical (unpaired) electrons. The molecule has 0 aromatic heterocycles. The van der Waals surface area contributed by atoms with Crippen LogP contribution < -0.4 is 5.32 Å². The Morgan fingerprint density at radius 2 is 1.85 bits per heavy atom. The van der Waals surface area contributed by atoms with Crippen LogP contribution in [0.1, 0.15) is 23.2 Å². The first-order valence-corrected chi connectivity index (χ1v) is 9.16. The van der Waals surface area contributed by atoms with E-state index in [9.17, 15) is 26.8 Å². The van der Waals surface area contributed by atoms with E-state index in [1.54, 1.807) is 6.07 Å². The first-order chi connectivity index (χ1) is 12.3. The maximum absolute atomic E-state index is 13.5. The molecule has 3 rings (SSSR count). The van der Waals surface area contributed by atoms with Crippen LogP contribution >= 0.6 is 0 Å². The van der Waals surface area contributed by atoms with Gasteiger partial charge in [0.1, 0.15) is 16.5 Å². The molecule has 1 aliphatic rings. The fraction of sp³-hybridized carbons (Fsp3) is 0.176. The van der Waals surface area contributed by atoms with Crippen molar-refractivity contribution in [1.29, 1.82) is 0 Å². The lowest BCUT2D eigenvalue weighted by Gasteiger charge is -2.14. The van der Waals surface area contributed by atoms with Crippen LogP contribution in [0.5, 0.6) is 0 Å². The van der Waals surface area contributed by atoms with Crippen LogP contribution in [0.4, 0.5) is 14.5 Å². The Bertz CT molecular complexity index is 992. The quantitative estimate of drug-likeness (QED) is 0.864. The van der Waals surface area contributed by atoms with Crippen LogP contribution in [0.3, 0.4) is 0 Å². The average Bonchev–Trinajstić information content (AvgIpc) is 2.78. The van der Waals surface area contributed by atoms with E-state index in [1.807, 2.05) is 0 Å². The van der Waals surface area contributed by atoms with Gasteiger partial charge in [0.25, 0.3) is 15.9 Å².